The number of carbonyl (C=O) groups is 1. The van der Waals surface area contributed by atoms with Gasteiger partial charge >= 0.3 is 5.97 Å². The van der Waals surface area contributed by atoms with Crippen LogP contribution in [0.4, 0.5) is 0 Å². The molecule has 0 radical (unpaired) electrons. The molecule has 0 aromatic heterocycles. The summed E-state index contributed by atoms with van der Waals surface area (Å²) >= 11 is 0. The molecule has 0 aromatic carbocycles. The van der Waals surface area contributed by atoms with Crippen molar-refractivity contribution in [2.75, 3.05) is 13.2 Å². The van der Waals surface area contributed by atoms with Crippen LogP contribution in [0.5, 0.6) is 0 Å². The number of carbonyl (C=O) groups excluding carboxylic acids is 1. The Labute approximate surface area is 77.4 Å². The summed E-state index contributed by atoms with van der Waals surface area (Å²) in [6, 6.07) is -0.950. The Kier molecular flexibility index (Phi) is 6.13. The largest absolute Gasteiger partial charge is 0.462 e. The molecule has 0 bridgehead atoms. The molecular weight excluding hydrogens is 172 g/mol. The van der Waals surface area contributed by atoms with Crippen LogP contribution in [-0.2, 0) is 9.53 Å². The van der Waals surface area contributed by atoms with E-state index in [-0.39, 0.29) is 19.3 Å². The molecule has 13 heavy (non-hydrogen) atoms. The SMILES string of the molecule is CC(N)/C=C\C(N)C(=O)OCCO. The number of aliphatic hydroxyl groups excluding tert-OH is 1. The maximum atomic E-state index is 11.0. The molecule has 0 rings (SSSR count). The van der Waals surface area contributed by atoms with Crippen molar-refractivity contribution in [2.45, 2.75) is 19.0 Å². The zero-order chi connectivity index (χ0) is 10.3. The molecule has 0 spiro atoms. The number of hydrogen-bond donors (Lipinski definition) is 3. The van der Waals surface area contributed by atoms with E-state index in [2.05, 4.69) is 4.74 Å². The second-order valence-corrected chi connectivity index (χ2v) is 2.66. The fraction of sp³-hybridized carbons (Fsp3) is 0.625. The van der Waals surface area contributed by atoms with Gasteiger partial charge in [0, 0.05) is 6.04 Å². The van der Waals surface area contributed by atoms with Crippen molar-refractivity contribution in [2.24, 2.45) is 11.5 Å². The predicted molar refractivity (Wildman–Crippen MR) is 48.8 cm³/mol. The van der Waals surface area contributed by atoms with Gasteiger partial charge in [0.05, 0.1) is 6.61 Å². The van der Waals surface area contributed by atoms with E-state index < -0.39 is 12.0 Å². The highest BCUT2D eigenvalue weighted by Gasteiger charge is 2.10. The lowest BCUT2D eigenvalue weighted by molar-refractivity contribution is -0.144. The lowest BCUT2D eigenvalue weighted by Gasteiger charge is -2.06. The summed E-state index contributed by atoms with van der Waals surface area (Å²) in [6.45, 7) is 1.54. The highest BCUT2D eigenvalue weighted by molar-refractivity contribution is 5.77. The number of aliphatic hydroxyl groups is 1. The number of rotatable bonds is 5. The second-order valence-electron chi connectivity index (χ2n) is 2.66. The Bertz CT molecular complexity index is 180. The lowest BCUT2D eigenvalue weighted by atomic mass is 10.2. The van der Waals surface area contributed by atoms with Gasteiger partial charge in [-0.3, -0.25) is 4.79 Å². The summed E-state index contributed by atoms with van der Waals surface area (Å²) in [5.41, 5.74) is 10.8. The van der Waals surface area contributed by atoms with Crippen LogP contribution in [0.15, 0.2) is 12.2 Å². The van der Waals surface area contributed by atoms with Crippen molar-refractivity contribution in [3.8, 4) is 0 Å². The minimum Gasteiger partial charge on any atom is -0.462 e. The molecule has 2 atom stereocenters. The summed E-state index contributed by atoms with van der Waals surface area (Å²) in [7, 11) is 0. The number of hydrogen-bond acceptors (Lipinski definition) is 5. The van der Waals surface area contributed by atoms with Crippen LogP contribution in [-0.4, -0.2) is 36.4 Å². The van der Waals surface area contributed by atoms with Gasteiger partial charge in [-0.05, 0) is 6.92 Å². The normalized spacial score (nSPS) is 15.7. The highest BCUT2D eigenvalue weighted by atomic mass is 16.5. The summed E-state index contributed by atoms with van der Waals surface area (Å²) in [6.07, 6.45) is 3.09. The molecule has 0 amide bonds. The molecule has 0 aliphatic carbocycles. The Morgan fingerprint density at radius 3 is 2.62 bits per heavy atom. The van der Waals surface area contributed by atoms with Crippen LogP contribution in [0.3, 0.4) is 0 Å². The summed E-state index contributed by atoms with van der Waals surface area (Å²) < 4.78 is 4.58. The van der Waals surface area contributed by atoms with Crippen molar-refractivity contribution >= 4 is 5.97 Å². The van der Waals surface area contributed by atoms with Crippen molar-refractivity contribution in [3.63, 3.8) is 0 Å². The van der Waals surface area contributed by atoms with E-state index in [1.165, 1.54) is 6.08 Å². The van der Waals surface area contributed by atoms with E-state index in [1.54, 1.807) is 13.0 Å². The van der Waals surface area contributed by atoms with E-state index in [0.717, 1.165) is 0 Å². The van der Waals surface area contributed by atoms with E-state index in [9.17, 15) is 4.79 Å². The Hall–Kier alpha value is -0.910. The van der Waals surface area contributed by atoms with Crippen molar-refractivity contribution < 1.29 is 14.6 Å². The van der Waals surface area contributed by atoms with Gasteiger partial charge in [-0.25, -0.2) is 0 Å². The molecule has 0 aliphatic rings. The molecule has 0 saturated heterocycles. The predicted octanol–water partition coefficient (Wildman–Crippen LogP) is -1.25. The zero-order valence-electron chi connectivity index (χ0n) is 7.64. The quantitative estimate of drug-likeness (QED) is 0.370. The average Bonchev–Trinajstić information content (AvgIpc) is 2.10. The number of esters is 1. The first-order valence-corrected chi connectivity index (χ1v) is 4.05. The maximum Gasteiger partial charge on any atom is 0.327 e. The fourth-order valence-electron chi connectivity index (χ4n) is 0.616. The van der Waals surface area contributed by atoms with Gasteiger partial charge in [-0.15, -0.1) is 0 Å². The molecule has 2 unspecified atom stereocenters. The number of ether oxygens (including phenoxy) is 1. The third-order valence-corrected chi connectivity index (χ3v) is 1.23. The molecular formula is C8H16N2O3. The van der Waals surface area contributed by atoms with E-state index in [0.29, 0.717) is 0 Å². The summed E-state index contributed by atoms with van der Waals surface area (Å²) in [5, 5.41) is 8.36. The third kappa shape index (κ3) is 6.27. The van der Waals surface area contributed by atoms with Crippen LogP contribution in [0.1, 0.15) is 6.92 Å². The maximum absolute atomic E-state index is 11.0. The van der Waals surface area contributed by atoms with Gasteiger partial charge in [0.2, 0.25) is 0 Å². The first-order chi connectivity index (χ1) is 6.07. The van der Waals surface area contributed by atoms with Gasteiger partial charge in [0.15, 0.2) is 0 Å². The van der Waals surface area contributed by atoms with Crippen molar-refractivity contribution in [3.05, 3.63) is 12.2 Å². The first-order valence-electron chi connectivity index (χ1n) is 4.05. The molecule has 0 fully saturated rings. The van der Waals surface area contributed by atoms with E-state index >= 15 is 0 Å². The fourth-order valence-corrected chi connectivity index (χ4v) is 0.616. The average molecular weight is 188 g/mol. The molecule has 0 aliphatic heterocycles. The Morgan fingerprint density at radius 1 is 1.54 bits per heavy atom. The van der Waals surface area contributed by atoms with E-state index in [4.69, 9.17) is 16.6 Å². The minimum absolute atomic E-state index is 0.0292. The van der Waals surface area contributed by atoms with Gasteiger partial charge < -0.3 is 21.3 Å². The third-order valence-electron chi connectivity index (χ3n) is 1.23. The zero-order valence-corrected chi connectivity index (χ0v) is 7.64. The molecule has 0 heterocycles. The van der Waals surface area contributed by atoms with Gasteiger partial charge in [0.25, 0.3) is 0 Å². The smallest absolute Gasteiger partial charge is 0.327 e. The Morgan fingerprint density at radius 2 is 2.15 bits per heavy atom. The van der Waals surface area contributed by atoms with Gasteiger partial charge in [-0.1, -0.05) is 12.2 Å². The molecule has 0 saturated carbocycles. The van der Waals surface area contributed by atoms with Crippen molar-refractivity contribution in [1.29, 1.82) is 0 Å². The summed E-state index contributed by atoms with van der Waals surface area (Å²) in [4.78, 5) is 11.0. The van der Waals surface area contributed by atoms with E-state index in [1.807, 2.05) is 0 Å². The van der Waals surface area contributed by atoms with Crippen LogP contribution >= 0.6 is 0 Å². The first kappa shape index (κ1) is 12.1. The Balaban J connectivity index is 3.82. The monoisotopic (exact) mass is 188 g/mol. The molecule has 5 nitrogen and oxygen atoms in total. The van der Waals surface area contributed by atoms with Gasteiger partial charge in [-0.2, -0.15) is 0 Å². The van der Waals surface area contributed by atoms with Crippen LogP contribution < -0.4 is 11.5 Å². The molecule has 5 N–H and O–H groups in total. The minimum atomic E-state index is -0.808. The van der Waals surface area contributed by atoms with Crippen LogP contribution in [0, 0.1) is 0 Å². The van der Waals surface area contributed by atoms with Gasteiger partial charge in [0.1, 0.15) is 12.6 Å². The standard InChI is InChI=1S/C8H16N2O3/c1-6(9)2-3-7(10)8(12)13-5-4-11/h2-3,6-7,11H,4-5,9-10H2,1H3/b3-2-. The molecule has 0 aromatic rings. The van der Waals surface area contributed by atoms with Crippen molar-refractivity contribution in [1.82, 2.24) is 0 Å². The molecule has 5 heteroatoms. The number of nitrogens with two attached hydrogens (primary N) is 2. The topological polar surface area (TPSA) is 98.6 Å². The van der Waals surface area contributed by atoms with Crippen LogP contribution in [0.2, 0.25) is 0 Å². The highest BCUT2D eigenvalue weighted by Crippen LogP contribution is 1.89. The molecule has 76 valence electrons. The summed E-state index contributed by atoms with van der Waals surface area (Å²) in [5.74, 6) is -0.564. The lowest BCUT2D eigenvalue weighted by Crippen LogP contribution is -2.31. The van der Waals surface area contributed by atoms with Crippen LogP contribution in [0.25, 0.3) is 0 Å². The second kappa shape index (κ2) is 6.59.